The second-order valence-electron chi connectivity index (χ2n) is 3.63. The number of carbonyl (C=O) groups is 1. The summed E-state index contributed by atoms with van der Waals surface area (Å²) in [4.78, 5) is 20.5. The fourth-order valence-corrected chi connectivity index (χ4v) is 1.43. The molecule has 1 rings (SSSR count). The van der Waals surface area contributed by atoms with Crippen molar-refractivity contribution in [2.75, 3.05) is 6.61 Å². The van der Waals surface area contributed by atoms with E-state index >= 15 is 0 Å². The minimum absolute atomic E-state index is 0.147. The number of pyridine rings is 1. The molecule has 0 bridgehead atoms. The van der Waals surface area contributed by atoms with Crippen LogP contribution in [0.3, 0.4) is 0 Å². The molecule has 1 aromatic heterocycles. The highest BCUT2D eigenvalue weighted by molar-refractivity contribution is 9.10. The molecular weight excluding hydrogens is 295 g/mol. The number of amides is 1. The van der Waals surface area contributed by atoms with Crippen molar-refractivity contribution < 1.29 is 9.63 Å². The van der Waals surface area contributed by atoms with Gasteiger partial charge in [-0.3, -0.25) is 9.63 Å². The van der Waals surface area contributed by atoms with Crippen molar-refractivity contribution in [3.8, 4) is 0 Å². The summed E-state index contributed by atoms with van der Waals surface area (Å²) in [5.74, 6) is -0.0594. The number of hydroxylamine groups is 1. The maximum Gasteiger partial charge on any atom is 0.278 e. The Kier molecular flexibility index (Phi) is 5.18. The first-order chi connectivity index (χ1) is 7.50. The van der Waals surface area contributed by atoms with Crippen molar-refractivity contribution in [2.45, 2.75) is 13.8 Å². The van der Waals surface area contributed by atoms with E-state index in [1.165, 1.54) is 6.20 Å². The maximum absolute atomic E-state index is 11.6. The van der Waals surface area contributed by atoms with E-state index in [1.54, 1.807) is 6.07 Å². The van der Waals surface area contributed by atoms with Crippen LogP contribution in [-0.2, 0) is 4.84 Å². The number of carbonyl (C=O) groups excluding carboxylic acids is 1. The molecule has 1 amide bonds. The van der Waals surface area contributed by atoms with Crippen LogP contribution in [-0.4, -0.2) is 17.5 Å². The number of rotatable bonds is 4. The van der Waals surface area contributed by atoms with Gasteiger partial charge in [0.25, 0.3) is 5.91 Å². The van der Waals surface area contributed by atoms with Gasteiger partial charge in [-0.05, 0) is 27.9 Å². The van der Waals surface area contributed by atoms with Gasteiger partial charge >= 0.3 is 0 Å². The molecule has 0 spiro atoms. The number of aromatic nitrogens is 1. The topological polar surface area (TPSA) is 51.2 Å². The first kappa shape index (κ1) is 13.4. The van der Waals surface area contributed by atoms with Crippen molar-refractivity contribution >= 4 is 33.4 Å². The molecule has 0 aliphatic carbocycles. The molecule has 1 heterocycles. The van der Waals surface area contributed by atoms with Crippen LogP contribution in [0.2, 0.25) is 5.15 Å². The molecule has 0 saturated heterocycles. The lowest BCUT2D eigenvalue weighted by atomic mass is 10.2. The van der Waals surface area contributed by atoms with Gasteiger partial charge in [0.15, 0.2) is 0 Å². The van der Waals surface area contributed by atoms with Crippen molar-refractivity contribution in [2.24, 2.45) is 5.92 Å². The summed E-state index contributed by atoms with van der Waals surface area (Å²) in [7, 11) is 0. The first-order valence-electron chi connectivity index (χ1n) is 4.74. The Hall–Kier alpha value is -0.650. The molecule has 0 aliphatic rings. The molecule has 0 radical (unpaired) electrons. The number of nitrogens with one attached hydrogen (secondary N) is 1. The summed E-state index contributed by atoms with van der Waals surface area (Å²) in [6, 6.07) is 1.59. The Morgan fingerprint density at radius 1 is 1.69 bits per heavy atom. The van der Waals surface area contributed by atoms with E-state index < -0.39 is 5.91 Å². The van der Waals surface area contributed by atoms with Gasteiger partial charge in [-0.15, -0.1) is 0 Å². The van der Waals surface area contributed by atoms with Gasteiger partial charge in [0, 0.05) is 10.7 Å². The number of nitrogens with zero attached hydrogens (tertiary/aromatic N) is 1. The first-order valence-corrected chi connectivity index (χ1v) is 5.91. The third kappa shape index (κ3) is 4.08. The van der Waals surface area contributed by atoms with Gasteiger partial charge in [0.05, 0.1) is 12.2 Å². The SMILES string of the molecule is CC(C)CONC(=O)c1cc(Br)cnc1Cl. The van der Waals surface area contributed by atoms with Crippen molar-refractivity contribution in [1.29, 1.82) is 0 Å². The van der Waals surface area contributed by atoms with Crippen LogP contribution in [0.5, 0.6) is 0 Å². The predicted molar refractivity (Wildman–Crippen MR) is 65.2 cm³/mol. The van der Waals surface area contributed by atoms with Gasteiger partial charge in [0.2, 0.25) is 0 Å². The molecular formula is C10H12BrClN2O2. The van der Waals surface area contributed by atoms with Gasteiger partial charge in [-0.25, -0.2) is 10.5 Å². The molecule has 0 saturated carbocycles. The van der Waals surface area contributed by atoms with E-state index in [0.29, 0.717) is 17.0 Å². The number of hydrogen-bond donors (Lipinski definition) is 1. The molecule has 0 aliphatic heterocycles. The molecule has 0 atom stereocenters. The fourth-order valence-electron chi connectivity index (χ4n) is 0.911. The Bertz CT molecular complexity index is 385. The summed E-state index contributed by atoms with van der Waals surface area (Å²) in [5, 5.41) is 0.147. The van der Waals surface area contributed by atoms with Crippen LogP contribution >= 0.6 is 27.5 Å². The normalized spacial score (nSPS) is 10.6. The third-order valence-corrected chi connectivity index (χ3v) is 2.37. The zero-order valence-corrected chi connectivity index (χ0v) is 11.3. The van der Waals surface area contributed by atoms with Crippen LogP contribution in [0.25, 0.3) is 0 Å². The fraction of sp³-hybridized carbons (Fsp3) is 0.400. The summed E-state index contributed by atoms with van der Waals surface area (Å²) < 4.78 is 0.686. The number of halogens is 2. The third-order valence-electron chi connectivity index (χ3n) is 1.63. The lowest BCUT2D eigenvalue weighted by molar-refractivity contribution is 0.0208. The van der Waals surface area contributed by atoms with E-state index in [-0.39, 0.29) is 10.7 Å². The maximum atomic E-state index is 11.6. The smallest absolute Gasteiger partial charge is 0.273 e. The van der Waals surface area contributed by atoms with Crippen LogP contribution in [0.4, 0.5) is 0 Å². The van der Waals surface area contributed by atoms with Crippen molar-refractivity contribution in [3.63, 3.8) is 0 Å². The zero-order chi connectivity index (χ0) is 12.1. The molecule has 16 heavy (non-hydrogen) atoms. The van der Waals surface area contributed by atoms with E-state index in [9.17, 15) is 4.79 Å². The number of hydrogen-bond acceptors (Lipinski definition) is 3. The van der Waals surface area contributed by atoms with E-state index in [0.717, 1.165) is 0 Å². The second kappa shape index (κ2) is 6.18. The van der Waals surface area contributed by atoms with Gasteiger partial charge < -0.3 is 0 Å². The van der Waals surface area contributed by atoms with Crippen LogP contribution < -0.4 is 5.48 Å². The average Bonchev–Trinajstić information content (AvgIpc) is 2.21. The Balaban J connectivity index is 2.62. The largest absolute Gasteiger partial charge is 0.278 e. The summed E-state index contributed by atoms with van der Waals surface area (Å²) in [6.07, 6.45) is 1.52. The molecule has 1 aromatic rings. The van der Waals surface area contributed by atoms with E-state index in [2.05, 4.69) is 26.4 Å². The zero-order valence-electron chi connectivity index (χ0n) is 8.96. The second-order valence-corrected chi connectivity index (χ2v) is 4.90. The molecule has 0 aromatic carbocycles. The molecule has 0 unspecified atom stereocenters. The molecule has 4 nitrogen and oxygen atoms in total. The Morgan fingerprint density at radius 3 is 3.00 bits per heavy atom. The Labute approximate surface area is 107 Å². The summed E-state index contributed by atoms with van der Waals surface area (Å²) in [6.45, 7) is 4.42. The quantitative estimate of drug-likeness (QED) is 0.687. The minimum Gasteiger partial charge on any atom is -0.273 e. The lowest BCUT2D eigenvalue weighted by Gasteiger charge is -2.08. The van der Waals surface area contributed by atoms with Crippen molar-refractivity contribution in [3.05, 3.63) is 27.5 Å². The Morgan fingerprint density at radius 2 is 2.38 bits per heavy atom. The van der Waals surface area contributed by atoms with Crippen LogP contribution in [0.1, 0.15) is 24.2 Å². The van der Waals surface area contributed by atoms with Crippen LogP contribution in [0.15, 0.2) is 16.7 Å². The molecule has 1 N–H and O–H groups in total. The monoisotopic (exact) mass is 306 g/mol. The predicted octanol–water partition coefficient (Wildman–Crippen LogP) is 2.81. The highest BCUT2D eigenvalue weighted by atomic mass is 79.9. The van der Waals surface area contributed by atoms with Crippen LogP contribution in [0, 0.1) is 5.92 Å². The van der Waals surface area contributed by atoms with Crippen molar-refractivity contribution in [1.82, 2.24) is 10.5 Å². The van der Waals surface area contributed by atoms with E-state index in [1.807, 2.05) is 13.8 Å². The standard InChI is InChI=1S/C10H12BrClN2O2/c1-6(2)5-16-14-10(15)8-3-7(11)4-13-9(8)12/h3-4,6H,5H2,1-2H3,(H,14,15). The molecule has 6 heteroatoms. The lowest BCUT2D eigenvalue weighted by Crippen LogP contribution is -2.26. The minimum atomic E-state index is -0.403. The highest BCUT2D eigenvalue weighted by Crippen LogP contribution is 2.17. The summed E-state index contributed by atoms with van der Waals surface area (Å²) >= 11 is 9.00. The van der Waals surface area contributed by atoms with Gasteiger partial charge in [-0.2, -0.15) is 0 Å². The average molecular weight is 308 g/mol. The molecule has 88 valence electrons. The molecule has 0 fully saturated rings. The van der Waals surface area contributed by atoms with Gasteiger partial charge in [0.1, 0.15) is 5.15 Å². The van der Waals surface area contributed by atoms with E-state index in [4.69, 9.17) is 16.4 Å². The summed E-state index contributed by atoms with van der Waals surface area (Å²) in [5.41, 5.74) is 2.59. The van der Waals surface area contributed by atoms with Gasteiger partial charge in [-0.1, -0.05) is 25.4 Å². The highest BCUT2D eigenvalue weighted by Gasteiger charge is 2.12.